The van der Waals surface area contributed by atoms with E-state index in [9.17, 15) is 0 Å². The van der Waals surface area contributed by atoms with Crippen molar-refractivity contribution in [1.82, 2.24) is 0 Å². The van der Waals surface area contributed by atoms with Crippen LogP contribution in [0.15, 0.2) is 0 Å². The first-order valence-electron chi connectivity index (χ1n) is 4.39. The fourth-order valence-electron chi connectivity index (χ4n) is 1.45. The van der Waals surface area contributed by atoms with Crippen LogP contribution in [0.1, 0.15) is 34.1 Å². The maximum atomic E-state index is 5.87. The summed E-state index contributed by atoms with van der Waals surface area (Å²) in [4.78, 5) is 0. The average Bonchev–Trinajstić information content (AvgIpc) is 2.05. The number of hydrogen-bond donors (Lipinski definition) is 1. The minimum absolute atomic E-state index is 0.153. The van der Waals surface area contributed by atoms with Gasteiger partial charge in [0.1, 0.15) is 0 Å². The van der Waals surface area contributed by atoms with E-state index >= 15 is 0 Å². The number of nitrogens with two attached hydrogens (primary N) is 1. The number of hydrogen-bond acceptors (Lipinski definition) is 3. The molecule has 0 aromatic rings. The maximum Gasteiger partial charge on any atom is 0.163 e. The van der Waals surface area contributed by atoms with Crippen LogP contribution in [-0.2, 0) is 9.47 Å². The van der Waals surface area contributed by atoms with Gasteiger partial charge in [0.2, 0.25) is 0 Å². The summed E-state index contributed by atoms with van der Waals surface area (Å²) in [6.07, 6.45) is 0.996. The molecule has 3 heteroatoms. The van der Waals surface area contributed by atoms with E-state index in [1.165, 1.54) is 0 Å². The Bertz CT molecular complexity index is 160. The van der Waals surface area contributed by atoms with Crippen LogP contribution in [0.2, 0.25) is 0 Å². The van der Waals surface area contributed by atoms with Gasteiger partial charge in [-0.1, -0.05) is 0 Å². The Morgan fingerprint density at radius 2 is 2.08 bits per heavy atom. The van der Waals surface area contributed by atoms with Crippen LogP contribution in [0, 0.1) is 0 Å². The average molecular weight is 173 g/mol. The summed E-state index contributed by atoms with van der Waals surface area (Å²) >= 11 is 0. The van der Waals surface area contributed by atoms with Crippen LogP contribution < -0.4 is 5.73 Å². The molecule has 0 aromatic carbocycles. The molecule has 72 valence electrons. The van der Waals surface area contributed by atoms with Crippen molar-refractivity contribution in [2.75, 3.05) is 6.61 Å². The van der Waals surface area contributed by atoms with Crippen molar-refractivity contribution in [3.63, 3.8) is 0 Å². The highest BCUT2D eigenvalue weighted by Gasteiger charge is 2.34. The lowest BCUT2D eigenvalue weighted by atomic mass is 9.99. The molecule has 0 aliphatic carbocycles. The molecule has 12 heavy (non-hydrogen) atoms. The zero-order chi connectivity index (χ0) is 9.41. The van der Waals surface area contributed by atoms with E-state index in [-0.39, 0.29) is 11.6 Å². The molecule has 1 saturated heterocycles. The van der Waals surface area contributed by atoms with Gasteiger partial charge in [-0.15, -0.1) is 0 Å². The molecule has 1 unspecified atom stereocenters. The number of rotatable bonds is 2. The predicted octanol–water partition coefficient (Wildman–Crippen LogP) is 1.27. The van der Waals surface area contributed by atoms with E-state index in [0.29, 0.717) is 6.61 Å². The van der Waals surface area contributed by atoms with Gasteiger partial charge in [0.15, 0.2) is 5.79 Å². The molecular weight excluding hydrogens is 154 g/mol. The first-order valence-corrected chi connectivity index (χ1v) is 4.39. The minimum atomic E-state index is -0.421. The molecule has 1 aliphatic rings. The largest absolute Gasteiger partial charge is 0.348 e. The second-order valence-corrected chi connectivity index (χ2v) is 4.64. The summed E-state index contributed by atoms with van der Waals surface area (Å²) in [5, 5.41) is 0. The lowest BCUT2D eigenvalue weighted by Crippen LogP contribution is -2.37. The molecule has 0 aromatic heterocycles. The summed E-state index contributed by atoms with van der Waals surface area (Å²) in [6.45, 7) is 8.52. The molecule has 1 heterocycles. The summed E-state index contributed by atoms with van der Waals surface area (Å²) in [5.74, 6) is -0.421. The summed E-state index contributed by atoms with van der Waals surface area (Å²) in [5.41, 5.74) is 5.70. The van der Waals surface area contributed by atoms with Gasteiger partial charge in [-0.2, -0.15) is 0 Å². The normalized spacial score (nSPS) is 29.2. The molecule has 0 bridgehead atoms. The van der Waals surface area contributed by atoms with Crippen molar-refractivity contribution in [3.8, 4) is 0 Å². The zero-order valence-corrected chi connectivity index (χ0v) is 8.39. The Hall–Kier alpha value is -0.120. The minimum Gasteiger partial charge on any atom is -0.348 e. The van der Waals surface area contributed by atoms with Crippen molar-refractivity contribution < 1.29 is 9.47 Å². The van der Waals surface area contributed by atoms with E-state index in [4.69, 9.17) is 15.2 Å². The molecule has 0 radical (unpaired) electrons. The van der Waals surface area contributed by atoms with Crippen LogP contribution >= 0.6 is 0 Å². The lowest BCUT2D eigenvalue weighted by molar-refractivity contribution is -0.140. The second kappa shape index (κ2) is 2.98. The summed E-state index contributed by atoms with van der Waals surface area (Å²) in [7, 11) is 0. The smallest absolute Gasteiger partial charge is 0.163 e. The van der Waals surface area contributed by atoms with E-state index in [2.05, 4.69) is 0 Å². The van der Waals surface area contributed by atoms with Crippen molar-refractivity contribution in [3.05, 3.63) is 0 Å². The quantitative estimate of drug-likeness (QED) is 0.684. The van der Waals surface area contributed by atoms with Gasteiger partial charge in [0, 0.05) is 5.54 Å². The Kier molecular flexibility index (Phi) is 2.47. The van der Waals surface area contributed by atoms with Crippen LogP contribution in [0.5, 0.6) is 0 Å². The van der Waals surface area contributed by atoms with E-state index < -0.39 is 5.79 Å². The van der Waals surface area contributed by atoms with Crippen LogP contribution in [0.4, 0.5) is 0 Å². The first kappa shape index (κ1) is 9.96. The summed E-state index contributed by atoms with van der Waals surface area (Å²) < 4.78 is 11.0. The van der Waals surface area contributed by atoms with Gasteiger partial charge < -0.3 is 15.2 Å². The Balaban J connectivity index is 2.39. The second-order valence-electron chi connectivity index (χ2n) is 4.64. The molecule has 1 rings (SSSR count). The van der Waals surface area contributed by atoms with Crippen molar-refractivity contribution >= 4 is 0 Å². The van der Waals surface area contributed by atoms with Gasteiger partial charge >= 0.3 is 0 Å². The van der Waals surface area contributed by atoms with Gasteiger partial charge in [-0.05, 0) is 34.1 Å². The van der Waals surface area contributed by atoms with Crippen molar-refractivity contribution in [1.29, 1.82) is 0 Å². The SMILES string of the molecule is CC(C)(N)CC1COC(C)(C)O1. The topological polar surface area (TPSA) is 44.5 Å². The highest BCUT2D eigenvalue weighted by atomic mass is 16.7. The third-order valence-electron chi connectivity index (χ3n) is 1.82. The monoisotopic (exact) mass is 173 g/mol. The zero-order valence-electron chi connectivity index (χ0n) is 8.39. The molecule has 0 saturated carbocycles. The van der Waals surface area contributed by atoms with E-state index in [1.807, 2.05) is 27.7 Å². The van der Waals surface area contributed by atoms with Gasteiger partial charge in [0.25, 0.3) is 0 Å². The highest BCUT2D eigenvalue weighted by Crippen LogP contribution is 2.26. The molecule has 0 amide bonds. The van der Waals surface area contributed by atoms with Gasteiger partial charge in [-0.3, -0.25) is 0 Å². The van der Waals surface area contributed by atoms with Crippen LogP contribution in [0.25, 0.3) is 0 Å². The summed E-state index contributed by atoms with van der Waals surface area (Å²) in [6, 6.07) is 0. The fraction of sp³-hybridized carbons (Fsp3) is 1.00. The lowest BCUT2D eigenvalue weighted by Gasteiger charge is -2.23. The molecule has 1 aliphatic heterocycles. The standard InChI is InChI=1S/C9H19NO2/c1-8(2,10)5-7-6-11-9(3,4)12-7/h7H,5-6,10H2,1-4H3. The maximum absolute atomic E-state index is 5.87. The molecule has 3 nitrogen and oxygen atoms in total. The molecular formula is C9H19NO2. The third kappa shape index (κ3) is 3.09. The Morgan fingerprint density at radius 1 is 1.50 bits per heavy atom. The highest BCUT2D eigenvalue weighted by molar-refractivity contribution is 4.81. The molecule has 0 spiro atoms. The first-order chi connectivity index (χ1) is 5.29. The molecule has 1 atom stereocenters. The van der Waals surface area contributed by atoms with E-state index in [1.54, 1.807) is 0 Å². The number of ether oxygens (including phenoxy) is 2. The Labute approximate surface area is 74.2 Å². The Morgan fingerprint density at radius 3 is 2.42 bits per heavy atom. The molecule has 2 N–H and O–H groups in total. The van der Waals surface area contributed by atoms with Crippen molar-refractivity contribution in [2.45, 2.75) is 51.5 Å². The van der Waals surface area contributed by atoms with Crippen LogP contribution in [-0.4, -0.2) is 24.0 Å². The predicted molar refractivity (Wildman–Crippen MR) is 47.8 cm³/mol. The molecule has 1 fully saturated rings. The van der Waals surface area contributed by atoms with Gasteiger partial charge in [0.05, 0.1) is 12.7 Å². The van der Waals surface area contributed by atoms with Crippen LogP contribution in [0.3, 0.4) is 0 Å². The van der Waals surface area contributed by atoms with E-state index in [0.717, 1.165) is 6.42 Å². The third-order valence-corrected chi connectivity index (χ3v) is 1.82. The van der Waals surface area contributed by atoms with Crippen molar-refractivity contribution in [2.24, 2.45) is 5.73 Å². The van der Waals surface area contributed by atoms with Gasteiger partial charge in [-0.25, -0.2) is 0 Å². The fourth-order valence-corrected chi connectivity index (χ4v) is 1.45.